The molecule has 2 aromatic carbocycles. The lowest BCUT2D eigenvalue weighted by atomic mass is 9.90. The van der Waals surface area contributed by atoms with Gasteiger partial charge in [0, 0.05) is 31.2 Å². The van der Waals surface area contributed by atoms with Gasteiger partial charge >= 0.3 is 0 Å². The molecule has 2 heterocycles. The molecule has 2 aliphatic heterocycles. The Labute approximate surface area is 222 Å². The van der Waals surface area contributed by atoms with Crippen molar-refractivity contribution in [1.82, 2.24) is 9.80 Å². The molecule has 3 aliphatic rings. The van der Waals surface area contributed by atoms with Crippen molar-refractivity contribution < 1.29 is 9.59 Å². The van der Waals surface area contributed by atoms with E-state index in [0.29, 0.717) is 25.6 Å². The van der Waals surface area contributed by atoms with Gasteiger partial charge in [-0.1, -0.05) is 67.8 Å². The highest BCUT2D eigenvalue weighted by atomic mass is 16.2. The summed E-state index contributed by atoms with van der Waals surface area (Å²) in [5.74, 6) is 0.854. The number of para-hydroxylation sites is 1. The number of carbonyl (C=O) groups is 2. The van der Waals surface area contributed by atoms with Gasteiger partial charge in [-0.15, -0.1) is 0 Å². The van der Waals surface area contributed by atoms with Crippen LogP contribution in [-0.4, -0.2) is 60.4 Å². The Balaban J connectivity index is 1.13. The van der Waals surface area contributed by atoms with Crippen molar-refractivity contribution in [2.75, 3.05) is 37.6 Å². The molecule has 0 aromatic heterocycles. The predicted molar refractivity (Wildman–Crippen MR) is 149 cm³/mol. The Morgan fingerprint density at radius 2 is 1.54 bits per heavy atom. The zero-order valence-electron chi connectivity index (χ0n) is 22.3. The van der Waals surface area contributed by atoms with Crippen LogP contribution < -0.4 is 4.90 Å². The van der Waals surface area contributed by atoms with Crippen LogP contribution in [0, 0.1) is 11.8 Å². The first-order valence-corrected chi connectivity index (χ1v) is 14.6. The smallest absolute Gasteiger partial charge is 0.232 e. The molecule has 3 fully saturated rings. The van der Waals surface area contributed by atoms with Gasteiger partial charge in [0.1, 0.15) is 0 Å². The molecule has 1 atom stereocenters. The maximum atomic E-state index is 13.8. The van der Waals surface area contributed by atoms with Crippen molar-refractivity contribution in [3.05, 3.63) is 66.2 Å². The third-order valence-electron chi connectivity index (χ3n) is 8.79. The zero-order chi connectivity index (χ0) is 25.5. The number of hydrogen-bond donors (Lipinski definition) is 0. The van der Waals surface area contributed by atoms with E-state index in [9.17, 15) is 9.59 Å². The number of piperidine rings is 1. The minimum atomic E-state index is -0.219. The van der Waals surface area contributed by atoms with Crippen LogP contribution in [0.5, 0.6) is 0 Å². The normalized spacial score (nSPS) is 21.9. The van der Waals surface area contributed by atoms with Gasteiger partial charge in [0.25, 0.3) is 0 Å². The molecular formula is C32H43N3O2. The molecular weight excluding hydrogens is 458 g/mol. The number of hydrogen-bond acceptors (Lipinski definition) is 3. The molecule has 1 aliphatic carbocycles. The van der Waals surface area contributed by atoms with Crippen LogP contribution in [0.25, 0.3) is 0 Å². The van der Waals surface area contributed by atoms with E-state index >= 15 is 0 Å². The molecule has 2 aromatic rings. The molecule has 2 amide bonds. The fourth-order valence-corrected chi connectivity index (χ4v) is 6.65. The maximum Gasteiger partial charge on any atom is 0.232 e. The minimum Gasteiger partial charge on any atom is -0.339 e. The fourth-order valence-electron chi connectivity index (χ4n) is 6.65. The maximum absolute atomic E-state index is 13.8. The van der Waals surface area contributed by atoms with Crippen molar-refractivity contribution >= 4 is 17.5 Å². The van der Waals surface area contributed by atoms with Crippen LogP contribution in [0.2, 0.25) is 0 Å². The average molecular weight is 502 g/mol. The summed E-state index contributed by atoms with van der Waals surface area (Å²) in [6.45, 7) is 4.61. The van der Waals surface area contributed by atoms with Crippen LogP contribution in [-0.2, 0) is 16.0 Å². The van der Waals surface area contributed by atoms with Crippen molar-refractivity contribution in [2.45, 2.75) is 70.3 Å². The van der Waals surface area contributed by atoms with E-state index in [2.05, 4.69) is 35.2 Å². The molecule has 1 saturated carbocycles. The Kier molecular flexibility index (Phi) is 8.93. The fraction of sp³-hybridized carbons (Fsp3) is 0.562. The Morgan fingerprint density at radius 1 is 0.865 bits per heavy atom. The Bertz CT molecular complexity index is 997. The van der Waals surface area contributed by atoms with E-state index in [1.54, 1.807) is 0 Å². The van der Waals surface area contributed by atoms with Gasteiger partial charge in [-0.25, -0.2) is 0 Å². The van der Waals surface area contributed by atoms with Crippen molar-refractivity contribution in [3.63, 3.8) is 0 Å². The highest BCUT2D eigenvalue weighted by molar-refractivity contribution is 5.99. The van der Waals surface area contributed by atoms with Crippen LogP contribution >= 0.6 is 0 Å². The lowest BCUT2D eigenvalue weighted by Gasteiger charge is -2.33. The first-order chi connectivity index (χ1) is 18.2. The Morgan fingerprint density at radius 3 is 2.24 bits per heavy atom. The summed E-state index contributed by atoms with van der Waals surface area (Å²) in [5, 5.41) is 0. The van der Waals surface area contributed by atoms with Crippen LogP contribution in [0.1, 0.15) is 63.4 Å². The zero-order valence-corrected chi connectivity index (χ0v) is 22.3. The van der Waals surface area contributed by atoms with Gasteiger partial charge < -0.3 is 14.7 Å². The first-order valence-electron chi connectivity index (χ1n) is 14.6. The minimum absolute atomic E-state index is 0.124. The molecule has 0 bridgehead atoms. The SMILES string of the molecule is O=C(C1CC(=O)N(C2CCCCC2)C1)N(CCCN1CCC(Cc2ccccc2)CC1)c1ccccc1. The van der Waals surface area contributed by atoms with Crippen LogP contribution in [0.15, 0.2) is 60.7 Å². The van der Waals surface area contributed by atoms with Gasteiger partial charge in [-0.3, -0.25) is 9.59 Å². The molecule has 1 unspecified atom stereocenters. The van der Waals surface area contributed by atoms with Crippen LogP contribution in [0.3, 0.4) is 0 Å². The summed E-state index contributed by atoms with van der Waals surface area (Å²) in [6, 6.07) is 21.3. The second-order valence-corrected chi connectivity index (χ2v) is 11.4. The van der Waals surface area contributed by atoms with E-state index < -0.39 is 0 Å². The highest BCUT2D eigenvalue weighted by Crippen LogP contribution is 2.30. The third-order valence-corrected chi connectivity index (χ3v) is 8.79. The number of rotatable bonds is 9. The summed E-state index contributed by atoms with van der Waals surface area (Å²) in [4.78, 5) is 33.2. The average Bonchev–Trinajstić information content (AvgIpc) is 3.35. The second kappa shape index (κ2) is 12.7. The van der Waals surface area contributed by atoms with Crippen molar-refractivity contribution in [3.8, 4) is 0 Å². The molecule has 5 heteroatoms. The molecule has 37 heavy (non-hydrogen) atoms. The molecule has 0 N–H and O–H groups in total. The number of anilines is 1. The van der Waals surface area contributed by atoms with Gasteiger partial charge in [-0.2, -0.15) is 0 Å². The lowest BCUT2D eigenvalue weighted by Crippen LogP contribution is -2.42. The highest BCUT2D eigenvalue weighted by Gasteiger charge is 2.40. The largest absolute Gasteiger partial charge is 0.339 e. The van der Waals surface area contributed by atoms with Gasteiger partial charge in [0.2, 0.25) is 11.8 Å². The summed E-state index contributed by atoms with van der Waals surface area (Å²) in [6.07, 6.45) is 10.9. The molecule has 0 radical (unpaired) electrons. The summed E-state index contributed by atoms with van der Waals surface area (Å²) in [7, 11) is 0. The lowest BCUT2D eigenvalue weighted by molar-refractivity contribution is -0.130. The quantitative estimate of drug-likeness (QED) is 0.453. The van der Waals surface area contributed by atoms with Gasteiger partial charge in [0.05, 0.1) is 5.92 Å². The van der Waals surface area contributed by atoms with Gasteiger partial charge in [-0.05, 0) is 81.8 Å². The van der Waals surface area contributed by atoms with E-state index in [1.165, 1.54) is 44.1 Å². The molecule has 0 spiro atoms. The van der Waals surface area contributed by atoms with Crippen LogP contribution in [0.4, 0.5) is 5.69 Å². The summed E-state index contributed by atoms with van der Waals surface area (Å²) < 4.78 is 0. The number of carbonyl (C=O) groups excluding carboxylic acids is 2. The van der Waals surface area contributed by atoms with Gasteiger partial charge in [0.15, 0.2) is 0 Å². The van der Waals surface area contributed by atoms with Crippen molar-refractivity contribution in [1.29, 1.82) is 0 Å². The predicted octanol–water partition coefficient (Wildman–Crippen LogP) is 5.55. The number of benzene rings is 2. The second-order valence-electron chi connectivity index (χ2n) is 11.4. The van der Waals surface area contributed by atoms with E-state index in [1.807, 2.05) is 40.1 Å². The third kappa shape index (κ3) is 6.81. The molecule has 5 nitrogen and oxygen atoms in total. The number of nitrogens with zero attached hydrogens (tertiary/aromatic N) is 3. The van der Waals surface area contributed by atoms with E-state index in [4.69, 9.17) is 0 Å². The number of likely N-dealkylation sites (tertiary alicyclic amines) is 2. The molecule has 5 rings (SSSR count). The van der Waals surface area contributed by atoms with E-state index in [0.717, 1.165) is 50.5 Å². The van der Waals surface area contributed by atoms with Crippen molar-refractivity contribution in [2.24, 2.45) is 11.8 Å². The summed E-state index contributed by atoms with van der Waals surface area (Å²) in [5.41, 5.74) is 2.41. The standard InChI is InChI=1S/C32H43N3O2/c36-31-24-28(25-35(31)30-15-8-3-9-16-30)32(37)34(29-13-6-2-7-14-29)20-10-19-33-21-17-27(18-22-33)23-26-11-4-1-5-12-26/h1-2,4-7,11-14,27-28,30H,3,8-10,15-25H2. The topological polar surface area (TPSA) is 43.9 Å². The molecule has 198 valence electrons. The summed E-state index contributed by atoms with van der Waals surface area (Å²) >= 11 is 0. The number of amides is 2. The Hall–Kier alpha value is -2.66. The first kappa shape index (κ1) is 26.0. The monoisotopic (exact) mass is 501 g/mol. The molecule has 2 saturated heterocycles. The van der Waals surface area contributed by atoms with E-state index in [-0.39, 0.29) is 17.7 Å².